The molecule has 1 fully saturated rings. The lowest BCUT2D eigenvalue weighted by molar-refractivity contribution is -0.136. The molecule has 0 aromatic heterocycles. The first kappa shape index (κ1) is 21.8. The van der Waals surface area contributed by atoms with Crippen LogP contribution in [0, 0.1) is 0 Å². The number of hydrogen-bond donors (Lipinski definition) is 2. The summed E-state index contributed by atoms with van der Waals surface area (Å²) in [6, 6.07) is 3.91. The van der Waals surface area contributed by atoms with Gasteiger partial charge in [0.05, 0.1) is 17.3 Å². The number of piperidine rings is 1. The Balaban J connectivity index is 2.04. The highest BCUT2D eigenvalue weighted by Gasteiger charge is 2.35. The van der Waals surface area contributed by atoms with Gasteiger partial charge in [-0.3, -0.25) is 0 Å². The molecule has 9 heteroatoms. The Bertz CT molecular complexity index is 702. The second-order valence-electron chi connectivity index (χ2n) is 7.70. The summed E-state index contributed by atoms with van der Waals surface area (Å²) in [4.78, 5) is 25.9. The smallest absolute Gasteiger partial charge is 0.418 e. The molecule has 0 spiro atoms. The first-order chi connectivity index (χ1) is 13.0. The van der Waals surface area contributed by atoms with Crippen molar-refractivity contribution in [3.63, 3.8) is 0 Å². The van der Waals surface area contributed by atoms with Gasteiger partial charge >= 0.3 is 18.3 Å². The van der Waals surface area contributed by atoms with Gasteiger partial charge in [0.2, 0.25) is 0 Å². The van der Waals surface area contributed by atoms with Gasteiger partial charge in [-0.1, -0.05) is 12.1 Å². The number of carbonyl (C=O) groups is 2. The van der Waals surface area contributed by atoms with Crippen LogP contribution in [0.2, 0.25) is 0 Å². The zero-order valence-electron chi connectivity index (χ0n) is 16.2. The molecule has 156 valence electrons. The standard InChI is InChI=1S/C19H26F3N3O3/c1-18(2,3)28-17(27)23-12-13-8-6-7-11-25(13)16(26)24-15-10-5-4-9-14(15)19(20,21)22/h4-5,9-10,13H,6-8,11-12H2,1-3H3,(H,23,27)(H,24,26). The van der Waals surface area contributed by atoms with Crippen molar-refractivity contribution in [3.8, 4) is 0 Å². The maximum Gasteiger partial charge on any atom is 0.418 e. The highest BCUT2D eigenvalue weighted by Crippen LogP contribution is 2.34. The van der Waals surface area contributed by atoms with E-state index in [1.54, 1.807) is 20.8 Å². The van der Waals surface area contributed by atoms with Crippen molar-refractivity contribution in [1.29, 1.82) is 0 Å². The molecule has 0 aliphatic carbocycles. The maximum atomic E-state index is 13.1. The maximum absolute atomic E-state index is 13.1. The second-order valence-corrected chi connectivity index (χ2v) is 7.70. The summed E-state index contributed by atoms with van der Waals surface area (Å²) < 4.78 is 44.6. The molecule has 28 heavy (non-hydrogen) atoms. The third-order valence-corrected chi connectivity index (χ3v) is 4.24. The molecule has 1 aromatic rings. The molecule has 1 atom stereocenters. The fraction of sp³-hybridized carbons (Fsp3) is 0.579. The van der Waals surface area contributed by atoms with Gasteiger partial charge in [0.25, 0.3) is 0 Å². The van der Waals surface area contributed by atoms with Crippen molar-refractivity contribution >= 4 is 17.8 Å². The van der Waals surface area contributed by atoms with E-state index in [1.165, 1.54) is 23.1 Å². The van der Waals surface area contributed by atoms with Crippen LogP contribution in [0.3, 0.4) is 0 Å². The number of urea groups is 1. The van der Waals surface area contributed by atoms with Crippen LogP contribution in [-0.2, 0) is 10.9 Å². The minimum atomic E-state index is -4.57. The predicted octanol–water partition coefficient (Wildman–Crippen LogP) is 4.62. The van der Waals surface area contributed by atoms with Crippen LogP contribution in [0.15, 0.2) is 24.3 Å². The van der Waals surface area contributed by atoms with Crippen molar-refractivity contribution in [1.82, 2.24) is 10.2 Å². The average Bonchev–Trinajstić information content (AvgIpc) is 2.58. The lowest BCUT2D eigenvalue weighted by Crippen LogP contribution is -2.51. The normalized spacial score (nSPS) is 17.8. The van der Waals surface area contributed by atoms with Crippen molar-refractivity contribution < 1.29 is 27.5 Å². The number of alkyl halides is 3. The zero-order valence-corrected chi connectivity index (χ0v) is 16.2. The van der Waals surface area contributed by atoms with Gasteiger partial charge in [0.1, 0.15) is 5.60 Å². The minimum Gasteiger partial charge on any atom is -0.444 e. The molecule has 0 saturated carbocycles. The van der Waals surface area contributed by atoms with Gasteiger partial charge in [-0.2, -0.15) is 13.2 Å². The van der Waals surface area contributed by atoms with Crippen molar-refractivity contribution in [2.24, 2.45) is 0 Å². The van der Waals surface area contributed by atoms with Gasteiger partial charge in [-0.25, -0.2) is 9.59 Å². The largest absolute Gasteiger partial charge is 0.444 e. The highest BCUT2D eigenvalue weighted by molar-refractivity contribution is 5.90. The predicted molar refractivity (Wildman–Crippen MR) is 99.0 cm³/mol. The fourth-order valence-corrected chi connectivity index (χ4v) is 3.02. The molecule has 1 aliphatic rings. The number of anilines is 1. The van der Waals surface area contributed by atoms with Gasteiger partial charge in [0, 0.05) is 13.1 Å². The topological polar surface area (TPSA) is 70.7 Å². The summed E-state index contributed by atoms with van der Waals surface area (Å²) in [7, 11) is 0. The van der Waals surface area contributed by atoms with E-state index in [0.717, 1.165) is 18.9 Å². The SMILES string of the molecule is CC(C)(C)OC(=O)NCC1CCCCN1C(=O)Nc1ccccc1C(F)(F)F. The third kappa shape index (κ3) is 6.31. The third-order valence-electron chi connectivity index (χ3n) is 4.24. The fourth-order valence-electron chi connectivity index (χ4n) is 3.02. The van der Waals surface area contributed by atoms with E-state index in [4.69, 9.17) is 4.74 Å². The Kier molecular flexibility index (Phi) is 6.79. The van der Waals surface area contributed by atoms with Gasteiger partial charge in [-0.05, 0) is 52.2 Å². The molecule has 1 aliphatic heterocycles. The Morgan fingerprint density at radius 3 is 2.50 bits per heavy atom. The Labute approximate surface area is 162 Å². The number of alkyl carbamates (subject to hydrolysis) is 1. The number of hydrogen-bond acceptors (Lipinski definition) is 3. The van der Waals surface area contributed by atoms with Crippen LogP contribution in [-0.4, -0.2) is 41.8 Å². The average molecular weight is 401 g/mol. The first-order valence-electron chi connectivity index (χ1n) is 9.18. The first-order valence-corrected chi connectivity index (χ1v) is 9.18. The number of ether oxygens (including phenoxy) is 1. The number of benzene rings is 1. The molecule has 2 N–H and O–H groups in total. The van der Waals surface area contributed by atoms with E-state index in [2.05, 4.69) is 10.6 Å². The van der Waals surface area contributed by atoms with Gasteiger partial charge < -0.3 is 20.3 Å². The summed E-state index contributed by atoms with van der Waals surface area (Å²) in [5, 5.41) is 5.00. The molecule has 6 nitrogen and oxygen atoms in total. The Morgan fingerprint density at radius 1 is 1.18 bits per heavy atom. The molecular formula is C19H26F3N3O3. The zero-order chi connectivity index (χ0) is 20.9. The van der Waals surface area contributed by atoms with E-state index in [0.29, 0.717) is 13.0 Å². The Morgan fingerprint density at radius 2 is 1.86 bits per heavy atom. The molecule has 1 heterocycles. The number of halogens is 3. The van der Waals surface area contributed by atoms with Gasteiger partial charge in [0.15, 0.2) is 0 Å². The molecule has 0 bridgehead atoms. The minimum absolute atomic E-state index is 0.170. The summed E-state index contributed by atoms with van der Waals surface area (Å²) in [6.07, 6.45) is -2.91. The monoisotopic (exact) mass is 401 g/mol. The van der Waals surface area contributed by atoms with E-state index in [9.17, 15) is 22.8 Å². The van der Waals surface area contributed by atoms with E-state index in [-0.39, 0.29) is 18.3 Å². The molecule has 1 saturated heterocycles. The number of amides is 3. The van der Waals surface area contributed by atoms with E-state index >= 15 is 0 Å². The lowest BCUT2D eigenvalue weighted by atomic mass is 10.0. The lowest BCUT2D eigenvalue weighted by Gasteiger charge is -2.36. The molecule has 1 aromatic carbocycles. The summed E-state index contributed by atoms with van der Waals surface area (Å²) in [5.41, 5.74) is -1.83. The molecule has 0 radical (unpaired) electrons. The van der Waals surface area contributed by atoms with Crippen LogP contribution >= 0.6 is 0 Å². The quantitative estimate of drug-likeness (QED) is 0.777. The van der Waals surface area contributed by atoms with Crippen LogP contribution in [0.1, 0.15) is 45.6 Å². The van der Waals surface area contributed by atoms with Crippen LogP contribution in [0.4, 0.5) is 28.4 Å². The molecule has 1 unspecified atom stereocenters. The second kappa shape index (κ2) is 8.70. The number of nitrogens with zero attached hydrogens (tertiary/aromatic N) is 1. The highest BCUT2D eigenvalue weighted by atomic mass is 19.4. The van der Waals surface area contributed by atoms with Crippen LogP contribution < -0.4 is 10.6 Å². The number of nitrogens with one attached hydrogen (secondary N) is 2. The summed E-state index contributed by atoms with van der Waals surface area (Å²) in [5.74, 6) is 0. The van der Waals surface area contributed by atoms with Gasteiger partial charge in [-0.15, -0.1) is 0 Å². The van der Waals surface area contributed by atoms with Crippen molar-refractivity contribution in [2.45, 2.75) is 57.9 Å². The molecular weight excluding hydrogens is 375 g/mol. The number of rotatable bonds is 3. The molecule has 3 amide bonds. The van der Waals surface area contributed by atoms with Crippen LogP contribution in [0.25, 0.3) is 0 Å². The number of likely N-dealkylation sites (tertiary alicyclic amines) is 1. The van der Waals surface area contributed by atoms with Crippen molar-refractivity contribution in [3.05, 3.63) is 29.8 Å². The molecule has 2 rings (SSSR count). The van der Waals surface area contributed by atoms with Crippen LogP contribution in [0.5, 0.6) is 0 Å². The van der Waals surface area contributed by atoms with E-state index < -0.39 is 29.5 Å². The Hall–Kier alpha value is -2.45. The number of carbonyl (C=O) groups excluding carboxylic acids is 2. The summed E-state index contributed by atoms with van der Waals surface area (Å²) >= 11 is 0. The van der Waals surface area contributed by atoms with Crippen molar-refractivity contribution in [2.75, 3.05) is 18.4 Å². The number of para-hydroxylation sites is 1. The van der Waals surface area contributed by atoms with E-state index in [1.807, 2.05) is 0 Å². The summed E-state index contributed by atoms with van der Waals surface area (Å²) in [6.45, 7) is 5.80.